The molecule has 1 aliphatic rings. The van der Waals surface area contributed by atoms with Crippen LogP contribution in [0.1, 0.15) is 75.3 Å². The lowest BCUT2D eigenvalue weighted by Crippen LogP contribution is -2.04. The summed E-state index contributed by atoms with van der Waals surface area (Å²) in [7, 11) is 0. The first kappa shape index (κ1) is 16.1. The second kappa shape index (κ2) is 8.86. The number of esters is 1. The average molecular weight is 288 g/mol. The minimum Gasteiger partial charge on any atom is -0.466 e. The first-order valence-corrected chi connectivity index (χ1v) is 8.54. The molecule has 0 unspecified atom stereocenters. The Morgan fingerprint density at radius 3 is 2.48 bits per heavy atom. The molecule has 1 aromatic carbocycles. The Morgan fingerprint density at radius 2 is 1.81 bits per heavy atom. The summed E-state index contributed by atoms with van der Waals surface area (Å²) in [5.74, 6) is 0.724. The zero-order valence-electron chi connectivity index (χ0n) is 13.3. The summed E-state index contributed by atoms with van der Waals surface area (Å²) in [6, 6.07) is 9.18. The second-order valence-corrected chi connectivity index (χ2v) is 6.09. The Morgan fingerprint density at radius 1 is 1.10 bits per heavy atom. The predicted molar refractivity (Wildman–Crippen MR) is 86.5 cm³/mol. The van der Waals surface area contributed by atoms with Gasteiger partial charge in [-0.25, -0.2) is 0 Å². The first-order valence-electron chi connectivity index (χ1n) is 8.54. The molecule has 0 spiro atoms. The molecule has 1 fully saturated rings. The zero-order chi connectivity index (χ0) is 14.9. The highest BCUT2D eigenvalue weighted by molar-refractivity contribution is 5.69. The number of hydrogen-bond acceptors (Lipinski definition) is 2. The van der Waals surface area contributed by atoms with E-state index < -0.39 is 0 Å². The SMILES string of the molecule is CCOC(=O)CCCCc1ccc(C2CCCCC2)cc1. The highest BCUT2D eigenvalue weighted by Gasteiger charge is 2.14. The van der Waals surface area contributed by atoms with Crippen LogP contribution in [0.4, 0.5) is 0 Å². The van der Waals surface area contributed by atoms with Gasteiger partial charge in [0.2, 0.25) is 0 Å². The molecule has 0 atom stereocenters. The van der Waals surface area contributed by atoms with Gasteiger partial charge in [0, 0.05) is 6.42 Å². The summed E-state index contributed by atoms with van der Waals surface area (Å²) in [6.45, 7) is 2.34. The van der Waals surface area contributed by atoms with Crippen LogP contribution in [0.5, 0.6) is 0 Å². The lowest BCUT2D eigenvalue weighted by molar-refractivity contribution is -0.143. The van der Waals surface area contributed by atoms with Crippen molar-refractivity contribution in [2.75, 3.05) is 6.61 Å². The maximum atomic E-state index is 11.3. The average Bonchev–Trinajstić information content (AvgIpc) is 2.53. The van der Waals surface area contributed by atoms with Crippen LogP contribution in [0.2, 0.25) is 0 Å². The highest BCUT2D eigenvalue weighted by atomic mass is 16.5. The molecule has 116 valence electrons. The van der Waals surface area contributed by atoms with Crippen molar-refractivity contribution in [2.45, 2.75) is 70.6 Å². The van der Waals surface area contributed by atoms with Crippen LogP contribution in [0.25, 0.3) is 0 Å². The van der Waals surface area contributed by atoms with Crippen LogP contribution < -0.4 is 0 Å². The number of rotatable bonds is 7. The Balaban J connectivity index is 1.71. The fourth-order valence-corrected chi connectivity index (χ4v) is 3.22. The van der Waals surface area contributed by atoms with Gasteiger partial charge in [-0.15, -0.1) is 0 Å². The molecular formula is C19H28O2. The minimum atomic E-state index is -0.0647. The highest BCUT2D eigenvalue weighted by Crippen LogP contribution is 2.32. The molecule has 1 saturated carbocycles. The topological polar surface area (TPSA) is 26.3 Å². The number of ether oxygens (including phenoxy) is 1. The molecule has 0 aliphatic heterocycles. The van der Waals surface area contributed by atoms with E-state index in [0.717, 1.165) is 25.2 Å². The van der Waals surface area contributed by atoms with Crippen LogP contribution in [0, 0.1) is 0 Å². The number of carbonyl (C=O) groups is 1. The normalized spacial score (nSPS) is 15.9. The van der Waals surface area contributed by atoms with Gasteiger partial charge in [-0.05, 0) is 56.1 Å². The molecule has 1 aliphatic carbocycles. The van der Waals surface area contributed by atoms with Crippen molar-refractivity contribution in [1.82, 2.24) is 0 Å². The Kier molecular flexibility index (Phi) is 6.78. The van der Waals surface area contributed by atoms with E-state index in [1.807, 2.05) is 6.92 Å². The van der Waals surface area contributed by atoms with Gasteiger partial charge >= 0.3 is 5.97 Å². The number of benzene rings is 1. The fraction of sp³-hybridized carbons (Fsp3) is 0.632. The van der Waals surface area contributed by atoms with Crippen LogP contribution in [-0.4, -0.2) is 12.6 Å². The fourth-order valence-electron chi connectivity index (χ4n) is 3.22. The van der Waals surface area contributed by atoms with Gasteiger partial charge < -0.3 is 4.74 Å². The quantitative estimate of drug-likeness (QED) is 0.520. The third kappa shape index (κ3) is 5.53. The van der Waals surface area contributed by atoms with E-state index in [0.29, 0.717) is 13.0 Å². The van der Waals surface area contributed by atoms with Crippen LogP contribution in [0.15, 0.2) is 24.3 Å². The second-order valence-electron chi connectivity index (χ2n) is 6.09. The summed E-state index contributed by atoms with van der Waals surface area (Å²) in [5, 5.41) is 0. The molecule has 2 heteroatoms. The van der Waals surface area contributed by atoms with E-state index >= 15 is 0 Å². The number of aryl methyl sites for hydroxylation is 1. The van der Waals surface area contributed by atoms with E-state index in [2.05, 4.69) is 24.3 Å². The van der Waals surface area contributed by atoms with E-state index in [9.17, 15) is 4.79 Å². The molecule has 21 heavy (non-hydrogen) atoms. The van der Waals surface area contributed by atoms with Crippen molar-refractivity contribution in [3.8, 4) is 0 Å². The molecule has 0 radical (unpaired) electrons. The maximum absolute atomic E-state index is 11.3. The molecule has 1 aromatic rings. The largest absolute Gasteiger partial charge is 0.466 e. The van der Waals surface area contributed by atoms with Crippen molar-refractivity contribution < 1.29 is 9.53 Å². The Hall–Kier alpha value is -1.31. The third-order valence-electron chi connectivity index (χ3n) is 4.46. The van der Waals surface area contributed by atoms with Crippen molar-refractivity contribution in [3.05, 3.63) is 35.4 Å². The van der Waals surface area contributed by atoms with Gasteiger partial charge in [0.15, 0.2) is 0 Å². The minimum absolute atomic E-state index is 0.0647. The standard InChI is InChI=1S/C19H28O2/c1-2-21-19(20)11-7-6-8-16-12-14-18(15-13-16)17-9-4-3-5-10-17/h12-15,17H,2-11H2,1H3. The number of hydrogen-bond donors (Lipinski definition) is 0. The third-order valence-corrected chi connectivity index (χ3v) is 4.46. The molecule has 0 bridgehead atoms. The van der Waals surface area contributed by atoms with E-state index in [4.69, 9.17) is 4.74 Å². The molecular weight excluding hydrogens is 260 g/mol. The lowest BCUT2D eigenvalue weighted by Gasteiger charge is -2.22. The molecule has 0 heterocycles. The molecule has 0 aromatic heterocycles. The summed E-state index contributed by atoms with van der Waals surface area (Å²) in [5.41, 5.74) is 2.91. The van der Waals surface area contributed by atoms with Crippen LogP contribution in [0.3, 0.4) is 0 Å². The van der Waals surface area contributed by atoms with Crippen molar-refractivity contribution in [3.63, 3.8) is 0 Å². The van der Waals surface area contributed by atoms with E-state index in [1.165, 1.54) is 43.2 Å². The van der Waals surface area contributed by atoms with Crippen LogP contribution in [-0.2, 0) is 16.0 Å². The molecule has 0 N–H and O–H groups in total. The maximum Gasteiger partial charge on any atom is 0.305 e. The van der Waals surface area contributed by atoms with E-state index in [-0.39, 0.29) is 5.97 Å². The van der Waals surface area contributed by atoms with Crippen molar-refractivity contribution >= 4 is 5.97 Å². The lowest BCUT2D eigenvalue weighted by atomic mass is 9.84. The van der Waals surface area contributed by atoms with Crippen molar-refractivity contribution in [1.29, 1.82) is 0 Å². The van der Waals surface area contributed by atoms with Gasteiger partial charge in [-0.3, -0.25) is 4.79 Å². The van der Waals surface area contributed by atoms with Gasteiger partial charge in [0.1, 0.15) is 0 Å². The molecule has 0 amide bonds. The summed E-state index contributed by atoms with van der Waals surface area (Å²) in [6.07, 6.45) is 10.5. The summed E-state index contributed by atoms with van der Waals surface area (Å²) >= 11 is 0. The summed E-state index contributed by atoms with van der Waals surface area (Å²) < 4.78 is 4.94. The zero-order valence-corrected chi connectivity index (χ0v) is 13.3. The number of unbranched alkanes of at least 4 members (excludes halogenated alkanes) is 1. The van der Waals surface area contributed by atoms with Gasteiger partial charge in [0.05, 0.1) is 6.61 Å². The molecule has 0 saturated heterocycles. The summed E-state index contributed by atoms with van der Waals surface area (Å²) in [4.78, 5) is 11.3. The number of carbonyl (C=O) groups excluding carboxylic acids is 1. The van der Waals surface area contributed by atoms with Gasteiger partial charge in [0.25, 0.3) is 0 Å². The Labute approximate surface area is 128 Å². The smallest absolute Gasteiger partial charge is 0.305 e. The monoisotopic (exact) mass is 288 g/mol. The first-order chi connectivity index (χ1) is 10.3. The Bertz CT molecular complexity index is 416. The van der Waals surface area contributed by atoms with Crippen LogP contribution >= 0.6 is 0 Å². The van der Waals surface area contributed by atoms with Gasteiger partial charge in [-0.2, -0.15) is 0 Å². The van der Waals surface area contributed by atoms with Crippen molar-refractivity contribution in [2.24, 2.45) is 0 Å². The molecule has 2 rings (SSSR count). The molecule has 2 nitrogen and oxygen atoms in total. The predicted octanol–water partition coefficient (Wildman–Crippen LogP) is 5.01. The van der Waals surface area contributed by atoms with E-state index in [1.54, 1.807) is 0 Å². The van der Waals surface area contributed by atoms with Gasteiger partial charge in [-0.1, -0.05) is 43.5 Å².